The summed E-state index contributed by atoms with van der Waals surface area (Å²) in [4.78, 5) is 50.2. The number of carbonyl (C=O) groups excluding carboxylic acids is 3. The van der Waals surface area contributed by atoms with Crippen LogP contribution >= 0.6 is 0 Å². The number of carbonyl (C=O) groups is 3. The highest BCUT2D eigenvalue weighted by Gasteiger charge is 2.53. The van der Waals surface area contributed by atoms with E-state index in [1.54, 1.807) is 12.1 Å². The molecule has 1 aliphatic carbocycles. The van der Waals surface area contributed by atoms with Crippen LogP contribution in [-0.4, -0.2) is 32.7 Å². The average Bonchev–Trinajstić information content (AvgIpc) is 3.03. The van der Waals surface area contributed by atoms with Gasteiger partial charge in [0.2, 0.25) is 0 Å². The fourth-order valence-corrected chi connectivity index (χ4v) is 4.23. The van der Waals surface area contributed by atoms with Gasteiger partial charge in [0.05, 0.1) is 23.3 Å². The maximum Gasteiger partial charge on any atom is 0.273 e. The van der Waals surface area contributed by atoms with E-state index in [1.165, 1.54) is 24.3 Å². The van der Waals surface area contributed by atoms with Crippen LogP contribution in [0.1, 0.15) is 29.3 Å². The molecule has 2 aromatic rings. The summed E-state index contributed by atoms with van der Waals surface area (Å²) in [6.07, 6.45) is 4.29. The molecular formula is C23H21N3O5. The van der Waals surface area contributed by atoms with Crippen molar-refractivity contribution in [2.24, 2.45) is 17.8 Å². The van der Waals surface area contributed by atoms with Crippen LogP contribution < -0.4 is 0 Å². The van der Waals surface area contributed by atoms with E-state index < -0.39 is 34.5 Å². The topological polar surface area (TPSA) is 101 Å². The SMILES string of the molecule is C[C@@H]1C=CC[C@H]2C(=O)N(N(Cc3ccccc3)C(=O)c3ccc([N+](=O)[O-])cc3)C(=O)[C@@H]12. The molecule has 1 fully saturated rings. The van der Waals surface area contributed by atoms with E-state index in [0.29, 0.717) is 6.42 Å². The Labute approximate surface area is 178 Å². The molecule has 0 aromatic heterocycles. The Morgan fingerprint density at radius 1 is 1.10 bits per heavy atom. The summed E-state index contributed by atoms with van der Waals surface area (Å²) < 4.78 is 0. The number of rotatable bonds is 5. The molecular weight excluding hydrogens is 398 g/mol. The van der Waals surface area contributed by atoms with Crippen LogP contribution in [0.2, 0.25) is 0 Å². The minimum Gasteiger partial charge on any atom is -0.272 e. The number of nitro groups is 1. The summed E-state index contributed by atoms with van der Waals surface area (Å²) in [5.74, 6) is -2.45. The predicted octanol–water partition coefficient (Wildman–Crippen LogP) is 3.35. The second-order valence-corrected chi connectivity index (χ2v) is 7.80. The first kappa shape index (κ1) is 20.5. The van der Waals surface area contributed by atoms with Crippen molar-refractivity contribution in [3.63, 3.8) is 0 Å². The number of nitrogens with zero attached hydrogens (tertiary/aromatic N) is 3. The van der Waals surface area contributed by atoms with Gasteiger partial charge in [-0.25, -0.2) is 5.01 Å². The second kappa shape index (κ2) is 8.14. The summed E-state index contributed by atoms with van der Waals surface area (Å²) in [5, 5.41) is 13.1. The van der Waals surface area contributed by atoms with E-state index in [2.05, 4.69) is 0 Å². The fourth-order valence-electron chi connectivity index (χ4n) is 4.23. The van der Waals surface area contributed by atoms with Crippen molar-refractivity contribution >= 4 is 23.4 Å². The number of imide groups is 1. The molecule has 0 spiro atoms. The fraction of sp³-hybridized carbons (Fsp3) is 0.261. The van der Waals surface area contributed by atoms with Crippen LogP contribution in [0.4, 0.5) is 5.69 Å². The zero-order chi connectivity index (χ0) is 22.1. The number of amides is 3. The Balaban J connectivity index is 1.71. The third-order valence-corrected chi connectivity index (χ3v) is 5.83. The van der Waals surface area contributed by atoms with Crippen LogP contribution in [0.25, 0.3) is 0 Å². The van der Waals surface area contributed by atoms with Gasteiger partial charge in [0.15, 0.2) is 0 Å². The molecule has 158 valence electrons. The van der Waals surface area contributed by atoms with Crippen LogP contribution in [-0.2, 0) is 16.1 Å². The molecule has 0 bridgehead atoms. The number of fused-ring (bicyclic) bond motifs is 1. The summed E-state index contributed by atoms with van der Waals surface area (Å²) in [7, 11) is 0. The smallest absolute Gasteiger partial charge is 0.272 e. The van der Waals surface area contributed by atoms with Crippen LogP contribution in [0.15, 0.2) is 66.7 Å². The summed E-state index contributed by atoms with van der Waals surface area (Å²) >= 11 is 0. The maximum absolute atomic E-state index is 13.4. The summed E-state index contributed by atoms with van der Waals surface area (Å²) in [6.45, 7) is 1.91. The molecule has 1 aliphatic heterocycles. The van der Waals surface area contributed by atoms with E-state index in [0.717, 1.165) is 15.6 Å². The van der Waals surface area contributed by atoms with Gasteiger partial charge in [0, 0.05) is 17.7 Å². The van der Waals surface area contributed by atoms with Gasteiger partial charge in [-0.2, -0.15) is 5.01 Å². The van der Waals surface area contributed by atoms with Crippen LogP contribution in [0.3, 0.4) is 0 Å². The third kappa shape index (κ3) is 3.72. The number of benzene rings is 2. The first-order valence-corrected chi connectivity index (χ1v) is 10.0. The minimum atomic E-state index is -0.570. The normalized spacial score (nSPS) is 22.4. The van der Waals surface area contributed by atoms with E-state index in [1.807, 2.05) is 37.3 Å². The van der Waals surface area contributed by atoms with Crippen LogP contribution in [0, 0.1) is 27.9 Å². The maximum atomic E-state index is 13.4. The standard InChI is InChI=1S/C23H21N3O5/c1-15-6-5-9-19-20(15)23(29)25(22(19)28)24(14-16-7-3-2-4-8-16)21(27)17-10-12-18(13-11-17)26(30)31/h2-8,10-13,15,19-20H,9,14H2,1H3/t15-,19-,20+/m1/s1. The minimum absolute atomic E-state index is 0.0232. The molecule has 4 rings (SSSR count). The first-order valence-electron chi connectivity index (χ1n) is 10.0. The molecule has 1 heterocycles. The van der Waals surface area contributed by atoms with Crippen LogP contribution in [0.5, 0.6) is 0 Å². The third-order valence-electron chi connectivity index (χ3n) is 5.83. The van der Waals surface area contributed by atoms with Gasteiger partial charge in [-0.1, -0.05) is 49.4 Å². The molecule has 3 atom stereocenters. The van der Waals surface area contributed by atoms with E-state index in [-0.39, 0.29) is 23.7 Å². The number of nitro benzene ring substituents is 1. The zero-order valence-corrected chi connectivity index (χ0v) is 16.9. The van der Waals surface area contributed by atoms with Gasteiger partial charge < -0.3 is 0 Å². The molecule has 3 amide bonds. The number of non-ortho nitro benzene ring substituents is 1. The Bertz CT molecular complexity index is 1060. The van der Waals surface area contributed by atoms with Crippen molar-refractivity contribution in [3.05, 3.63) is 88.0 Å². The molecule has 0 unspecified atom stereocenters. The predicted molar refractivity (Wildman–Crippen MR) is 111 cm³/mol. The molecule has 0 radical (unpaired) electrons. The largest absolute Gasteiger partial charge is 0.273 e. The molecule has 0 saturated carbocycles. The molecule has 8 heteroatoms. The highest BCUT2D eigenvalue weighted by molar-refractivity contribution is 6.08. The van der Waals surface area contributed by atoms with Gasteiger partial charge in [-0.05, 0) is 30.0 Å². The Kier molecular flexibility index (Phi) is 5.37. The quantitative estimate of drug-likeness (QED) is 0.320. The van der Waals surface area contributed by atoms with Crippen molar-refractivity contribution < 1.29 is 19.3 Å². The monoisotopic (exact) mass is 419 g/mol. The van der Waals surface area contributed by atoms with Crippen molar-refractivity contribution in [1.29, 1.82) is 0 Å². The number of hydrogen-bond acceptors (Lipinski definition) is 5. The lowest BCUT2D eigenvalue weighted by Crippen LogP contribution is -2.50. The van der Waals surface area contributed by atoms with Gasteiger partial charge in [0.25, 0.3) is 23.4 Å². The highest BCUT2D eigenvalue weighted by Crippen LogP contribution is 2.39. The summed E-state index contributed by atoms with van der Waals surface area (Å²) in [5.41, 5.74) is 0.757. The van der Waals surface area contributed by atoms with Gasteiger partial charge in [-0.3, -0.25) is 24.5 Å². The molecule has 0 N–H and O–H groups in total. The molecule has 2 aliphatic rings. The molecule has 2 aromatic carbocycles. The number of hydrazine groups is 1. The zero-order valence-electron chi connectivity index (χ0n) is 16.9. The summed E-state index contributed by atoms with van der Waals surface area (Å²) in [6, 6.07) is 14.2. The lowest BCUT2D eigenvalue weighted by Gasteiger charge is -2.31. The number of hydrogen-bond donors (Lipinski definition) is 0. The molecule has 1 saturated heterocycles. The van der Waals surface area contributed by atoms with Crippen molar-refractivity contribution in [3.8, 4) is 0 Å². The van der Waals surface area contributed by atoms with Gasteiger partial charge in [0.1, 0.15) is 0 Å². The Hall–Kier alpha value is -3.81. The van der Waals surface area contributed by atoms with Gasteiger partial charge in [-0.15, -0.1) is 0 Å². The molecule has 31 heavy (non-hydrogen) atoms. The average molecular weight is 419 g/mol. The first-order chi connectivity index (χ1) is 14.9. The van der Waals surface area contributed by atoms with Crippen molar-refractivity contribution in [2.75, 3.05) is 0 Å². The Morgan fingerprint density at radius 3 is 2.39 bits per heavy atom. The van der Waals surface area contributed by atoms with E-state index in [9.17, 15) is 24.5 Å². The van der Waals surface area contributed by atoms with Crippen molar-refractivity contribution in [2.45, 2.75) is 19.9 Å². The molecule has 8 nitrogen and oxygen atoms in total. The van der Waals surface area contributed by atoms with E-state index >= 15 is 0 Å². The highest BCUT2D eigenvalue weighted by atomic mass is 16.6. The number of allylic oxidation sites excluding steroid dienone is 2. The van der Waals surface area contributed by atoms with E-state index in [4.69, 9.17) is 0 Å². The van der Waals surface area contributed by atoms with Crippen molar-refractivity contribution in [1.82, 2.24) is 10.0 Å². The second-order valence-electron chi connectivity index (χ2n) is 7.80. The lowest BCUT2D eigenvalue weighted by atomic mass is 9.78. The lowest BCUT2D eigenvalue weighted by molar-refractivity contribution is -0.384. The van der Waals surface area contributed by atoms with Gasteiger partial charge >= 0.3 is 0 Å². The Morgan fingerprint density at radius 2 is 1.77 bits per heavy atom.